The maximum atomic E-state index is 12.9. The Bertz CT molecular complexity index is 433. The second kappa shape index (κ2) is 5.91. The van der Waals surface area contributed by atoms with E-state index in [4.69, 9.17) is 5.11 Å². The second-order valence-corrected chi connectivity index (χ2v) is 4.86. The van der Waals surface area contributed by atoms with E-state index in [9.17, 15) is 13.6 Å². The molecule has 1 aromatic carbocycles. The molecule has 0 fully saturated rings. The molecule has 0 saturated carbocycles. The molecule has 18 heavy (non-hydrogen) atoms. The van der Waals surface area contributed by atoms with Gasteiger partial charge in [-0.1, -0.05) is 6.07 Å². The Kier molecular flexibility index (Phi) is 4.78. The molecule has 3 nitrogen and oxygen atoms in total. The number of hydrogen-bond acceptors (Lipinski definition) is 2. The van der Waals surface area contributed by atoms with Gasteiger partial charge in [-0.05, 0) is 44.5 Å². The summed E-state index contributed by atoms with van der Waals surface area (Å²) in [5, 5.41) is 11.9. The Morgan fingerprint density at radius 2 is 2.00 bits per heavy atom. The number of hydrogen-bond donors (Lipinski definition) is 2. The van der Waals surface area contributed by atoms with Gasteiger partial charge in [-0.15, -0.1) is 0 Å². The van der Waals surface area contributed by atoms with Crippen molar-refractivity contribution in [2.75, 3.05) is 13.1 Å². The molecule has 0 aliphatic rings. The highest BCUT2D eigenvalue weighted by Gasteiger charge is 2.26. The summed E-state index contributed by atoms with van der Waals surface area (Å²) in [6.07, 6.45) is 0.521. The first-order valence-electron chi connectivity index (χ1n) is 5.71. The Hall–Kier alpha value is -1.49. The molecule has 0 bridgehead atoms. The highest BCUT2D eigenvalue weighted by atomic mass is 19.2. The van der Waals surface area contributed by atoms with Gasteiger partial charge < -0.3 is 10.4 Å². The van der Waals surface area contributed by atoms with Gasteiger partial charge in [-0.25, -0.2) is 8.78 Å². The number of nitrogens with one attached hydrogen (secondary N) is 1. The fourth-order valence-corrected chi connectivity index (χ4v) is 1.40. The fourth-order valence-electron chi connectivity index (χ4n) is 1.40. The molecular weight excluding hydrogens is 240 g/mol. The first kappa shape index (κ1) is 14.6. The number of rotatable bonds is 6. The Balaban J connectivity index is 2.38. The van der Waals surface area contributed by atoms with Crippen molar-refractivity contribution >= 4 is 5.97 Å². The van der Waals surface area contributed by atoms with Crippen LogP contribution in [0, 0.1) is 17.0 Å². The molecule has 0 aliphatic heterocycles. The molecule has 0 amide bonds. The molecule has 5 heteroatoms. The van der Waals surface area contributed by atoms with Crippen LogP contribution in [0.2, 0.25) is 0 Å². The van der Waals surface area contributed by atoms with E-state index in [-0.39, 0.29) is 0 Å². The minimum absolute atomic E-state index is 0.325. The molecule has 0 radical (unpaired) electrons. The summed E-state index contributed by atoms with van der Waals surface area (Å²) in [6, 6.07) is 3.76. The van der Waals surface area contributed by atoms with Crippen LogP contribution < -0.4 is 5.32 Å². The van der Waals surface area contributed by atoms with Crippen molar-refractivity contribution in [3.8, 4) is 0 Å². The van der Waals surface area contributed by atoms with Crippen LogP contribution >= 0.6 is 0 Å². The zero-order valence-corrected chi connectivity index (χ0v) is 10.5. The van der Waals surface area contributed by atoms with Gasteiger partial charge in [-0.2, -0.15) is 0 Å². The lowest BCUT2D eigenvalue weighted by molar-refractivity contribution is -0.146. The SMILES string of the molecule is CC(C)(CNCCc1ccc(F)c(F)c1)C(=O)O. The molecule has 0 unspecified atom stereocenters. The summed E-state index contributed by atoms with van der Waals surface area (Å²) < 4.78 is 25.6. The van der Waals surface area contributed by atoms with Gasteiger partial charge >= 0.3 is 5.97 Å². The van der Waals surface area contributed by atoms with Crippen LogP contribution in [0.3, 0.4) is 0 Å². The Morgan fingerprint density at radius 1 is 1.33 bits per heavy atom. The molecular formula is C13H17F2NO2. The summed E-state index contributed by atoms with van der Waals surface area (Å²) in [6.45, 7) is 4.09. The van der Waals surface area contributed by atoms with Crippen molar-refractivity contribution < 1.29 is 18.7 Å². The van der Waals surface area contributed by atoms with E-state index in [1.165, 1.54) is 6.07 Å². The van der Waals surface area contributed by atoms with Gasteiger partial charge in [0.25, 0.3) is 0 Å². The molecule has 2 N–H and O–H groups in total. The zero-order chi connectivity index (χ0) is 13.8. The monoisotopic (exact) mass is 257 g/mol. The standard InChI is InChI=1S/C13H17F2NO2/c1-13(2,12(17)18)8-16-6-5-9-3-4-10(14)11(15)7-9/h3-4,7,16H,5-6,8H2,1-2H3,(H,17,18). The fraction of sp³-hybridized carbons (Fsp3) is 0.462. The molecule has 100 valence electrons. The minimum Gasteiger partial charge on any atom is -0.481 e. The van der Waals surface area contributed by atoms with Crippen molar-refractivity contribution in [2.24, 2.45) is 5.41 Å². The Labute approximate surface area is 105 Å². The highest BCUT2D eigenvalue weighted by molar-refractivity contribution is 5.73. The van der Waals surface area contributed by atoms with Crippen LogP contribution in [0.1, 0.15) is 19.4 Å². The maximum Gasteiger partial charge on any atom is 0.310 e. The van der Waals surface area contributed by atoms with E-state index in [0.717, 1.165) is 12.1 Å². The van der Waals surface area contributed by atoms with Gasteiger partial charge in [0.2, 0.25) is 0 Å². The molecule has 1 rings (SSSR count). The number of carboxylic acids is 1. The third-order valence-corrected chi connectivity index (χ3v) is 2.72. The third kappa shape index (κ3) is 4.07. The van der Waals surface area contributed by atoms with Crippen LogP contribution in [0.5, 0.6) is 0 Å². The normalized spacial score (nSPS) is 11.6. The number of benzene rings is 1. The molecule has 0 aliphatic carbocycles. The average Bonchev–Trinajstić information content (AvgIpc) is 2.29. The van der Waals surface area contributed by atoms with Crippen LogP contribution in [0.15, 0.2) is 18.2 Å². The van der Waals surface area contributed by atoms with Gasteiger partial charge in [0.15, 0.2) is 11.6 Å². The predicted molar refractivity (Wildman–Crippen MR) is 64.3 cm³/mol. The molecule has 0 aromatic heterocycles. The molecule has 0 atom stereocenters. The van der Waals surface area contributed by atoms with Crippen molar-refractivity contribution in [3.05, 3.63) is 35.4 Å². The lowest BCUT2D eigenvalue weighted by Crippen LogP contribution is -2.36. The average molecular weight is 257 g/mol. The quantitative estimate of drug-likeness (QED) is 0.768. The minimum atomic E-state index is -0.872. The Morgan fingerprint density at radius 3 is 2.56 bits per heavy atom. The number of carbonyl (C=O) groups is 1. The van der Waals surface area contributed by atoms with Crippen molar-refractivity contribution in [2.45, 2.75) is 20.3 Å². The maximum absolute atomic E-state index is 12.9. The zero-order valence-electron chi connectivity index (χ0n) is 10.5. The second-order valence-electron chi connectivity index (χ2n) is 4.86. The largest absolute Gasteiger partial charge is 0.481 e. The highest BCUT2D eigenvalue weighted by Crippen LogP contribution is 2.13. The molecule has 1 aromatic rings. The summed E-state index contributed by atoms with van der Waals surface area (Å²) >= 11 is 0. The van der Waals surface area contributed by atoms with E-state index < -0.39 is 23.0 Å². The van der Waals surface area contributed by atoms with Crippen molar-refractivity contribution in [3.63, 3.8) is 0 Å². The summed E-state index contributed by atoms with van der Waals surface area (Å²) in [7, 11) is 0. The summed E-state index contributed by atoms with van der Waals surface area (Å²) in [5.41, 5.74) is -0.164. The third-order valence-electron chi connectivity index (χ3n) is 2.72. The topological polar surface area (TPSA) is 49.3 Å². The number of aliphatic carboxylic acids is 1. The van der Waals surface area contributed by atoms with E-state index in [1.807, 2.05) is 0 Å². The molecule has 0 heterocycles. The first-order valence-corrected chi connectivity index (χ1v) is 5.71. The van der Waals surface area contributed by atoms with E-state index in [1.54, 1.807) is 13.8 Å². The van der Waals surface area contributed by atoms with Gasteiger partial charge in [-0.3, -0.25) is 4.79 Å². The van der Waals surface area contributed by atoms with Crippen LogP contribution in [0.25, 0.3) is 0 Å². The van der Waals surface area contributed by atoms with Gasteiger partial charge in [0.1, 0.15) is 0 Å². The van der Waals surface area contributed by atoms with Gasteiger partial charge in [0, 0.05) is 6.54 Å². The number of halogens is 2. The van der Waals surface area contributed by atoms with Gasteiger partial charge in [0.05, 0.1) is 5.41 Å². The summed E-state index contributed by atoms with van der Waals surface area (Å²) in [4.78, 5) is 10.8. The molecule has 0 saturated heterocycles. The van der Waals surface area contributed by atoms with E-state index in [2.05, 4.69) is 5.32 Å². The smallest absolute Gasteiger partial charge is 0.310 e. The van der Waals surface area contributed by atoms with Crippen molar-refractivity contribution in [1.29, 1.82) is 0 Å². The number of carboxylic acid groups (broad SMARTS) is 1. The van der Waals surface area contributed by atoms with Crippen LogP contribution in [-0.4, -0.2) is 24.2 Å². The summed E-state index contributed by atoms with van der Waals surface area (Å²) in [5.74, 6) is -2.60. The van der Waals surface area contributed by atoms with Crippen molar-refractivity contribution in [1.82, 2.24) is 5.32 Å². The van der Waals surface area contributed by atoms with E-state index >= 15 is 0 Å². The lowest BCUT2D eigenvalue weighted by Gasteiger charge is -2.19. The van der Waals surface area contributed by atoms with Crippen LogP contribution in [0.4, 0.5) is 8.78 Å². The van der Waals surface area contributed by atoms with E-state index in [0.29, 0.717) is 25.1 Å². The molecule has 0 spiro atoms. The lowest BCUT2D eigenvalue weighted by atomic mass is 9.94. The predicted octanol–water partition coefficient (Wildman–Crippen LogP) is 2.21. The van der Waals surface area contributed by atoms with Crippen LogP contribution in [-0.2, 0) is 11.2 Å². The first-order chi connectivity index (χ1) is 8.33.